The van der Waals surface area contributed by atoms with Gasteiger partial charge < -0.3 is 15.1 Å². The fourth-order valence-corrected chi connectivity index (χ4v) is 4.18. The number of benzene rings is 1. The number of urea groups is 1. The van der Waals surface area contributed by atoms with Crippen molar-refractivity contribution in [3.63, 3.8) is 0 Å². The fourth-order valence-electron chi connectivity index (χ4n) is 2.95. The minimum atomic E-state index is 0.0236. The molecule has 0 bridgehead atoms. The summed E-state index contributed by atoms with van der Waals surface area (Å²) in [6.45, 7) is 7.00. The highest BCUT2D eigenvalue weighted by molar-refractivity contribution is 8.03. The first kappa shape index (κ1) is 15.3. The molecule has 0 aromatic heterocycles. The van der Waals surface area contributed by atoms with Crippen molar-refractivity contribution in [2.45, 2.75) is 38.0 Å². The van der Waals surface area contributed by atoms with Gasteiger partial charge in [0.1, 0.15) is 0 Å². The van der Waals surface area contributed by atoms with E-state index in [-0.39, 0.29) is 6.03 Å². The lowest BCUT2D eigenvalue weighted by Crippen LogP contribution is -2.32. The zero-order valence-corrected chi connectivity index (χ0v) is 14.1. The van der Waals surface area contributed by atoms with E-state index < -0.39 is 0 Å². The van der Waals surface area contributed by atoms with Crippen molar-refractivity contribution in [2.75, 3.05) is 29.9 Å². The van der Waals surface area contributed by atoms with Crippen molar-refractivity contribution in [2.24, 2.45) is 0 Å². The van der Waals surface area contributed by atoms with Crippen LogP contribution in [0, 0.1) is 0 Å². The Morgan fingerprint density at radius 3 is 2.77 bits per heavy atom. The van der Waals surface area contributed by atoms with Crippen LogP contribution in [0.5, 0.6) is 0 Å². The molecule has 0 saturated carbocycles. The van der Waals surface area contributed by atoms with Gasteiger partial charge in [-0.1, -0.05) is 24.8 Å². The van der Waals surface area contributed by atoms with Crippen LogP contribution >= 0.6 is 11.8 Å². The van der Waals surface area contributed by atoms with Crippen molar-refractivity contribution >= 4 is 29.2 Å². The number of amides is 2. The molecule has 3 rings (SSSR count). The second-order valence-electron chi connectivity index (χ2n) is 5.60. The molecule has 0 aliphatic carbocycles. The van der Waals surface area contributed by atoms with E-state index >= 15 is 0 Å². The normalized spacial score (nSPS) is 18.9. The molecular formula is C17H23N3OS. The van der Waals surface area contributed by atoms with Gasteiger partial charge in [-0.2, -0.15) is 0 Å². The second kappa shape index (κ2) is 6.65. The van der Waals surface area contributed by atoms with E-state index in [0.29, 0.717) is 0 Å². The van der Waals surface area contributed by atoms with Gasteiger partial charge in [-0.25, -0.2) is 4.79 Å². The van der Waals surface area contributed by atoms with Gasteiger partial charge in [0, 0.05) is 30.2 Å². The first-order chi connectivity index (χ1) is 10.7. The minimum Gasteiger partial charge on any atom is -0.336 e. The fraction of sp³-hybridized carbons (Fsp3) is 0.471. The smallest absolute Gasteiger partial charge is 0.321 e. The van der Waals surface area contributed by atoms with Crippen LogP contribution in [0.4, 0.5) is 16.2 Å². The molecule has 0 unspecified atom stereocenters. The van der Waals surface area contributed by atoms with Gasteiger partial charge >= 0.3 is 6.03 Å². The van der Waals surface area contributed by atoms with Gasteiger partial charge in [-0.15, -0.1) is 0 Å². The third-order valence-corrected chi connectivity index (χ3v) is 5.23. The van der Waals surface area contributed by atoms with Gasteiger partial charge in [0.2, 0.25) is 0 Å². The quantitative estimate of drug-likeness (QED) is 0.891. The molecule has 2 aliphatic rings. The maximum Gasteiger partial charge on any atom is 0.321 e. The Hall–Kier alpha value is -1.62. The second-order valence-corrected chi connectivity index (χ2v) is 6.67. The Balaban J connectivity index is 1.78. The SMILES string of the molecule is CC/C=C1\Sc2ccc(NC(=O)N3CCCC3)cc2N1CC. The molecule has 1 fully saturated rings. The first-order valence-corrected chi connectivity index (χ1v) is 8.90. The number of nitrogens with zero attached hydrogens (tertiary/aromatic N) is 2. The van der Waals surface area contributed by atoms with E-state index in [1.54, 1.807) is 0 Å². The maximum atomic E-state index is 12.2. The molecule has 2 aliphatic heterocycles. The number of fused-ring (bicyclic) bond motifs is 1. The highest BCUT2D eigenvalue weighted by Gasteiger charge is 2.24. The number of carbonyl (C=O) groups is 1. The Morgan fingerprint density at radius 2 is 2.09 bits per heavy atom. The molecule has 2 amide bonds. The molecule has 2 heterocycles. The van der Waals surface area contributed by atoms with Crippen molar-refractivity contribution in [3.8, 4) is 0 Å². The number of rotatable bonds is 3. The van der Waals surface area contributed by atoms with Crippen molar-refractivity contribution < 1.29 is 4.79 Å². The van der Waals surface area contributed by atoms with Gasteiger partial charge in [0.15, 0.2) is 0 Å². The number of hydrogen-bond donors (Lipinski definition) is 1. The Bertz CT molecular complexity index is 594. The number of likely N-dealkylation sites (tertiary alicyclic amines) is 1. The standard InChI is InChI=1S/C17H23N3OS/c1-3-7-16-20(4-2)14-12-13(8-9-15(14)22-16)18-17(21)19-10-5-6-11-19/h7-9,12H,3-6,10-11H2,1-2H3,(H,18,21)/b16-7-. The largest absolute Gasteiger partial charge is 0.336 e. The lowest BCUT2D eigenvalue weighted by Gasteiger charge is -2.20. The van der Waals surface area contributed by atoms with E-state index in [1.807, 2.05) is 22.7 Å². The zero-order valence-electron chi connectivity index (χ0n) is 13.3. The molecule has 0 spiro atoms. The predicted octanol–water partition coefficient (Wildman–Crippen LogP) is 4.50. The van der Waals surface area contributed by atoms with Crippen molar-refractivity contribution in [1.29, 1.82) is 0 Å². The number of allylic oxidation sites excluding steroid dienone is 1. The summed E-state index contributed by atoms with van der Waals surface area (Å²) < 4.78 is 0. The molecule has 22 heavy (non-hydrogen) atoms. The molecule has 0 radical (unpaired) electrons. The summed E-state index contributed by atoms with van der Waals surface area (Å²) in [6.07, 6.45) is 5.52. The molecule has 1 N–H and O–H groups in total. The van der Waals surface area contributed by atoms with E-state index in [4.69, 9.17) is 0 Å². The monoisotopic (exact) mass is 317 g/mol. The molecule has 1 saturated heterocycles. The highest BCUT2D eigenvalue weighted by atomic mass is 32.2. The third-order valence-electron chi connectivity index (χ3n) is 4.07. The van der Waals surface area contributed by atoms with Gasteiger partial charge in [-0.05, 0) is 44.4 Å². The Morgan fingerprint density at radius 1 is 1.32 bits per heavy atom. The summed E-state index contributed by atoms with van der Waals surface area (Å²) in [5.74, 6) is 0. The zero-order chi connectivity index (χ0) is 15.5. The molecule has 1 aromatic carbocycles. The van der Waals surface area contributed by atoms with E-state index in [0.717, 1.165) is 44.6 Å². The summed E-state index contributed by atoms with van der Waals surface area (Å²) >= 11 is 1.81. The van der Waals surface area contributed by atoms with Crippen LogP contribution in [0.15, 0.2) is 34.2 Å². The highest BCUT2D eigenvalue weighted by Crippen LogP contribution is 2.46. The third kappa shape index (κ3) is 2.95. The van der Waals surface area contributed by atoms with E-state index in [1.165, 1.54) is 15.6 Å². The van der Waals surface area contributed by atoms with Crippen molar-refractivity contribution in [1.82, 2.24) is 4.90 Å². The van der Waals surface area contributed by atoms with Gasteiger partial charge in [0.05, 0.1) is 10.7 Å². The molecule has 118 valence electrons. The summed E-state index contributed by atoms with van der Waals surface area (Å²) in [7, 11) is 0. The predicted molar refractivity (Wildman–Crippen MR) is 93.5 cm³/mol. The molecular weight excluding hydrogens is 294 g/mol. The maximum absolute atomic E-state index is 12.2. The molecule has 5 heteroatoms. The van der Waals surface area contributed by atoms with Crippen LogP contribution in [-0.4, -0.2) is 30.6 Å². The summed E-state index contributed by atoms with van der Waals surface area (Å²) in [4.78, 5) is 17.7. The van der Waals surface area contributed by atoms with Crippen LogP contribution in [-0.2, 0) is 0 Å². The van der Waals surface area contributed by atoms with Gasteiger partial charge in [-0.3, -0.25) is 0 Å². The summed E-state index contributed by atoms with van der Waals surface area (Å²) in [6, 6.07) is 6.23. The molecule has 4 nitrogen and oxygen atoms in total. The lowest BCUT2D eigenvalue weighted by atomic mass is 10.2. The number of thioether (sulfide) groups is 1. The number of nitrogens with one attached hydrogen (secondary N) is 1. The van der Waals surface area contributed by atoms with Crippen LogP contribution in [0.1, 0.15) is 33.1 Å². The minimum absolute atomic E-state index is 0.0236. The van der Waals surface area contributed by atoms with Crippen LogP contribution in [0.2, 0.25) is 0 Å². The number of carbonyl (C=O) groups excluding carboxylic acids is 1. The molecule has 0 atom stereocenters. The number of hydrogen-bond acceptors (Lipinski definition) is 3. The van der Waals surface area contributed by atoms with Crippen molar-refractivity contribution in [3.05, 3.63) is 29.3 Å². The average Bonchev–Trinajstić information content (AvgIpc) is 3.14. The number of anilines is 2. The summed E-state index contributed by atoms with van der Waals surface area (Å²) in [5, 5.41) is 4.33. The van der Waals surface area contributed by atoms with E-state index in [2.05, 4.69) is 42.3 Å². The topological polar surface area (TPSA) is 35.6 Å². The Labute approximate surface area is 136 Å². The molecule has 1 aromatic rings. The average molecular weight is 317 g/mol. The van der Waals surface area contributed by atoms with E-state index in [9.17, 15) is 4.79 Å². The lowest BCUT2D eigenvalue weighted by molar-refractivity contribution is 0.222. The van der Waals surface area contributed by atoms with Gasteiger partial charge in [0.25, 0.3) is 0 Å². The van der Waals surface area contributed by atoms with Crippen LogP contribution in [0.3, 0.4) is 0 Å². The first-order valence-electron chi connectivity index (χ1n) is 8.08. The Kier molecular flexibility index (Phi) is 4.62. The van der Waals surface area contributed by atoms with Crippen LogP contribution in [0.25, 0.3) is 0 Å². The summed E-state index contributed by atoms with van der Waals surface area (Å²) in [5.41, 5.74) is 2.08. The van der Waals surface area contributed by atoms with Crippen LogP contribution < -0.4 is 10.2 Å².